The number of nitrogens with zero attached hydrogens (tertiary/aromatic N) is 2. The van der Waals surface area contributed by atoms with E-state index >= 15 is 0 Å². The predicted octanol–water partition coefficient (Wildman–Crippen LogP) is 2.95. The van der Waals surface area contributed by atoms with Crippen LogP contribution in [0.25, 0.3) is 0 Å². The summed E-state index contributed by atoms with van der Waals surface area (Å²) < 4.78 is 32.2. The Morgan fingerprint density at radius 2 is 2.04 bits per heavy atom. The Labute approximate surface area is 151 Å². The number of thiazole rings is 1. The summed E-state index contributed by atoms with van der Waals surface area (Å²) in [6.45, 7) is 6.40. The van der Waals surface area contributed by atoms with Gasteiger partial charge in [0.15, 0.2) is 5.76 Å². The molecule has 0 atom stereocenters. The molecule has 0 spiro atoms. The maximum atomic E-state index is 12.7. The SMILES string of the molecule is CCc1nc(C)c(NC(=O)c2cc(S(=O)(=O)N3CCCC3)c(C)o2)s1. The largest absolute Gasteiger partial charge is 0.455 e. The van der Waals surface area contributed by atoms with E-state index in [2.05, 4.69) is 10.3 Å². The van der Waals surface area contributed by atoms with Crippen molar-refractivity contribution in [3.8, 4) is 0 Å². The minimum absolute atomic E-state index is 0.0129. The number of furan rings is 1. The molecule has 0 radical (unpaired) electrons. The van der Waals surface area contributed by atoms with Crippen molar-refractivity contribution < 1.29 is 17.6 Å². The van der Waals surface area contributed by atoms with Crippen molar-refractivity contribution in [1.82, 2.24) is 9.29 Å². The van der Waals surface area contributed by atoms with Gasteiger partial charge in [0.2, 0.25) is 10.0 Å². The van der Waals surface area contributed by atoms with Crippen LogP contribution in [0.5, 0.6) is 0 Å². The zero-order valence-corrected chi connectivity index (χ0v) is 16.1. The molecule has 1 fully saturated rings. The number of carbonyl (C=O) groups excluding carboxylic acids is 1. The summed E-state index contributed by atoms with van der Waals surface area (Å²) in [4.78, 5) is 16.9. The van der Waals surface area contributed by atoms with Crippen LogP contribution < -0.4 is 5.32 Å². The summed E-state index contributed by atoms with van der Waals surface area (Å²) in [5.41, 5.74) is 0.739. The monoisotopic (exact) mass is 383 g/mol. The van der Waals surface area contributed by atoms with Crippen molar-refractivity contribution in [1.29, 1.82) is 0 Å². The maximum Gasteiger partial charge on any atom is 0.292 e. The molecule has 25 heavy (non-hydrogen) atoms. The minimum atomic E-state index is -3.61. The Morgan fingerprint density at radius 1 is 1.36 bits per heavy atom. The summed E-state index contributed by atoms with van der Waals surface area (Å²) in [5.74, 6) is -0.256. The van der Waals surface area contributed by atoms with Crippen molar-refractivity contribution in [2.24, 2.45) is 0 Å². The van der Waals surface area contributed by atoms with E-state index in [0.717, 1.165) is 30.0 Å². The molecule has 1 saturated heterocycles. The first kappa shape index (κ1) is 18.1. The number of amides is 1. The molecule has 1 aliphatic heterocycles. The van der Waals surface area contributed by atoms with Crippen LogP contribution in [-0.2, 0) is 16.4 Å². The molecule has 0 aromatic carbocycles. The van der Waals surface area contributed by atoms with Crippen LogP contribution in [0.15, 0.2) is 15.4 Å². The zero-order valence-electron chi connectivity index (χ0n) is 14.5. The van der Waals surface area contributed by atoms with Gasteiger partial charge >= 0.3 is 0 Å². The number of hydrogen-bond acceptors (Lipinski definition) is 6. The molecule has 1 aliphatic rings. The van der Waals surface area contributed by atoms with E-state index in [-0.39, 0.29) is 16.4 Å². The van der Waals surface area contributed by atoms with Crippen molar-refractivity contribution in [2.45, 2.75) is 44.9 Å². The highest BCUT2D eigenvalue weighted by Crippen LogP contribution is 2.28. The second kappa shape index (κ2) is 6.89. The van der Waals surface area contributed by atoms with Crippen molar-refractivity contribution in [3.63, 3.8) is 0 Å². The van der Waals surface area contributed by atoms with Crippen LogP contribution >= 0.6 is 11.3 Å². The lowest BCUT2D eigenvalue weighted by Crippen LogP contribution is -2.28. The maximum absolute atomic E-state index is 12.7. The first-order chi connectivity index (χ1) is 11.8. The van der Waals surface area contributed by atoms with Crippen LogP contribution in [0.3, 0.4) is 0 Å². The molecule has 0 saturated carbocycles. The third-order valence-electron chi connectivity index (χ3n) is 4.15. The summed E-state index contributed by atoms with van der Waals surface area (Å²) in [7, 11) is -3.61. The average Bonchev–Trinajstić information content (AvgIpc) is 3.28. The summed E-state index contributed by atoms with van der Waals surface area (Å²) >= 11 is 1.41. The van der Waals surface area contributed by atoms with E-state index in [1.54, 1.807) is 6.92 Å². The molecule has 0 aliphatic carbocycles. The minimum Gasteiger partial charge on any atom is -0.455 e. The van der Waals surface area contributed by atoms with E-state index in [9.17, 15) is 13.2 Å². The van der Waals surface area contributed by atoms with Gasteiger partial charge in [0, 0.05) is 19.2 Å². The first-order valence-electron chi connectivity index (χ1n) is 8.21. The number of sulfonamides is 1. The molecule has 3 rings (SSSR count). The molecule has 3 heterocycles. The fourth-order valence-corrected chi connectivity index (χ4v) is 5.36. The van der Waals surface area contributed by atoms with Crippen molar-refractivity contribution >= 4 is 32.3 Å². The number of anilines is 1. The normalized spacial score (nSPS) is 15.6. The van der Waals surface area contributed by atoms with Gasteiger partial charge in [-0.15, -0.1) is 11.3 Å². The number of nitrogens with one attached hydrogen (secondary N) is 1. The van der Waals surface area contributed by atoms with Gasteiger partial charge in [-0.1, -0.05) is 6.92 Å². The van der Waals surface area contributed by atoms with Crippen molar-refractivity contribution in [2.75, 3.05) is 18.4 Å². The lowest BCUT2D eigenvalue weighted by atomic mass is 10.4. The van der Waals surface area contributed by atoms with Crippen LogP contribution in [0.2, 0.25) is 0 Å². The molecule has 0 bridgehead atoms. The van der Waals surface area contributed by atoms with E-state index < -0.39 is 15.9 Å². The molecule has 1 amide bonds. The van der Waals surface area contributed by atoms with E-state index in [1.807, 2.05) is 13.8 Å². The number of carbonyl (C=O) groups is 1. The molecular weight excluding hydrogens is 362 g/mol. The van der Waals surface area contributed by atoms with Gasteiger partial charge in [-0.3, -0.25) is 4.79 Å². The van der Waals surface area contributed by atoms with Gasteiger partial charge < -0.3 is 9.73 Å². The van der Waals surface area contributed by atoms with Crippen LogP contribution in [0.1, 0.15) is 46.8 Å². The van der Waals surface area contributed by atoms with Gasteiger partial charge in [-0.2, -0.15) is 4.31 Å². The quantitative estimate of drug-likeness (QED) is 0.857. The molecule has 136 valence electrons. The van der Waals surface area contributed by atoms with Gasteiger partial charge in [0.05, 0.1) is 10.7 Å². The molecule has 2 aromatic heterocycles. The van der Waals surface area contributed by atoms with Gasteiger partial charge in [0.25, 0.3) is 5.91 Å². The highest BCUT2D eigenvalue weighted by Gasteiger charge is 2.31. The summed E-state index contributed by atoms with van der Waals surface area (Å²) in [6.07, 6.45) is 2.50. The fourth-order valence-electron chi connectivity index (χ4n) is 2.79. The Bertz CT molecular complexity index is 893. The number of rotatable bonds is 5. The van der Waals surface area contributed by atoms with Gasteiger partial charge in [0.1, 0.15) is 15.7 Å². The third-order valence-corrected chi connectivity index (χ3v) is 7.37. The van der Waals surface area contributed by atoms with Crippen molar-refractivity contribution in [3.05, 3.63) is 28.3 Å². The van der Waals surface area contributed by atoms with Gasteiger partial charge in [-0.25, -0.2) is 13.4 Å². The predicted molar refractivity (Wildman–Crippen MR) is 95.6 cm³/mol. The standard InChI is InChI=1S/C16H21N3O4S2/c1-4-14-17-10(2)16(24-14)18-15(20)12-9-13(11(3)23-12)25(21,22)19-7-5-6-8-19/h9H,4-8H2,1-3H3,(H,18,20). The first-order valence-corrected chi connectivity index (χ1v) is 10.5. The Hall–Kier alpha value is -1.71. The van der Waals surface area contributed by atoms with Gasteiger partial charge in [-0.05, 0) is 33.1 Å². The van der Waals surface area contributed by atoms with Crippen LogP contribution in [-0.4, -0.2) is 36.7 Å². The third kappa shape index (κ3) is 3.49. The zero-order chi connectivity index (χ0) is 18.2. The molecule has 1 N–H and O–H groups in total. The van der Waals surface area contributed by atoms with Crippen LogP contribution in [0, 0.1) is 13.8 Å². The van der Waals surface area contributed by atoms with E-state index in [4.69, 9.17) is 4.42 Å². The lowest BCUT2D eigenvalue weighted by Gasteiger charge is -2.14. The van der Waals surface area contributed by atoms with E-state index in [1.165, 1.54) is 21.7 Å². The topological polar surface area (TPSA) is 92.5 Å². The molecule has 9 heteroatoms. The second-order valence-corrected chi connectivity index (χ2v) is 8.96. The number of aryl methyl sites for hydroxylation is 3. The summed E-state index contributed by atoms with van der Waals surface area (Å²) in [5, 5.41) is 4.34. The molecular formula is C16H21N3O4S2. The number of hydrogen-bond donors (Lipinski definition) is 1. The lowest BCUT2D eigenvalue weighted by molar-refractivity contribution is 0.0995. The Kier molecular flexibility index (Phi) is 4.99. The number of aromatic nitrogens is 1. The highest BCUT2D eigenvalue weighted by molar-refractivity contribution is 7.89. The molecule has 0 unspecified atom stereocenters. The van der Waals surface area contributed by atoms with Crippen LogP contribution in [0.4, 0.5) is 5.00 Å². The molecule has 7 nitrogen and oxygen atoms in total. The summed E-state index contributed by atoms with van der Waals surface area (Å²) in [6, 6.07) is 1.31. The molecule has 2 aromatic rings. The smallest absolute Gasteiger partial charge is 0.292 e. The Morgan fingerprint density at radius 3 is 2.64 bits per heavy atom. The second-order valence-electron chi connectivity index (χ2n) is 5.97. The average molecular weight is 383 g/mol. The fraction of sp³-hybridized carbons (Fsp3) is 0.500. The van der Waals surface area contributed by atoms with E-state index in [0.29, 0.717) is 18.1 Å². The Balaban J connectivity index is 1.84. The highest BCUT2D eigenvalue weighted by atomic mass is 32.2.